The number of amides is 1. The molecule has 25 heavy (non-hydrogen) atoms. The molecule has 1 saturated carbocycles. The predicted octanol–water partition coefficient (Wildman–Crippen LogP) is 2.02. The van der Waals surface area contributed by atoms with E-state index in [-0.39, 0.29) is 16.8 Å². The van der Waals surface area contributed by atoms with Crippen molar-refractivity contribution in [2.75, 3.05) is 26.3 Å². The van der Waals surface area contributed by atoms with Crippen molar-refractivity contribution in [3.63, 3.8) is 0 Å². The first kappa shape index (κ1) is 18.4. The molecular formula is C18H26N2O4S. The van der Waals surface area contributed by atoms with Gasteiger partial charge in [-0.05, 0) is 43.0 Å². The number of nitrogens with one attached hydrogen (secondary N) is 1. The highest BCUT2D eigenvalue weighted by Gasteiger charge is 2.27. The average molecular weight is 366 g/mol. The molecule has 1 amide bonds. The Hall–Kier alpha value is -1.44. The van der Waals surface area contributed by atoms with Crippen molar-refractivity contribution in [1.82, 2.24) is 9.62 Å². The molecule has 2 aliphatic rings. The van der Waals surface area contributed by atoms with Crippen LogP contribution in [0.25, 0.3) is 0 Å². The Morgan fingerprint density at radius 1 is 1.12 bits per heavy atom. The highest BCUT2D eigenvalue weighted by molar-refractivity contribution is 7.89. The fourth-order valence-electron chi connectivity index (χ4n) is 3.50. The number of benzene rings is 1. The van der Waals surface area contributed by atoms with Crippen molar-refractivity contribution in [2.24, 2.45) is 5.92 Å². The number of nitrogens with zero attached hydrogens (tertiary/aromatic N) is 1. The van der Waals surface area contributed by atoms with Crippen molar-refractivity contribution < 1.29 is 17.9 Å². The van der Waals surface area contributed by atoms with Crippen molar-refractivity contribution in [3.8, 4) is 0 Å². The van der Waals surface area contributed by atoms with Gasteiger partial charge in [-0.1, -0.05) is 19.8 Å². The minimum Gasteiger partial charge on any atom is -0.379 e. The Balaban J connectivity index is 1.68. The Morgan fingerprint density at radius 3 is 2.40 bits per heavy atom. The first-order valence-electron chi connectivity index (χ1n) is 8.97. The van der Waals surface area contributed by atoms with Gasteiger partial charge in [0.05, 0.1) is 18.1 Å². The van der Waals surface area contributed by atoms with Crippen LogP contribution in [0.2, 0.25) is 0 Å². The van der Waals surface area contributed by atoms with Gasteiger partial charge >= 0.3 is 0 Å². The van der Waals surface area contributed by atoms with Gasteiger partial charge in [0, 0.05) is 24.7 Å². The molecule has 6 nitrogen and oxygen atoms in total. The number of morpholine rings is 1. The van der Waals surface area contributed by atoms with Gasteiger partial charge in [-0.15, -0.1) is 0 Å². The van der Waals surface area contributed by atoms with Crippen LogP contribution in [0.4, 0.5) is 0 Å². The first-order valence-corrected chi connectivity index (χ1v) is 10.4. The summed E-state index contributed by atoms with van der Waals surface area (Å²) in [6, 6.07) is 6.43. The lowest BCUT2D eigenvalue weighted by Crippen LogP contribution is -2.41. The summed E-state index contributed by atoms with van der Waals surface area (Å²) < 4.78 is 31.8. The van der Waals surface area contributed by atoms with Gasteiger partial charge in [-0.3, -0.25) is 4.79 Å². The average Bonchev–Trinajstić information content (AvgIpc) is 2.64. The summed E-state index contributed by atoms with van der Waals surface area (Å²) in [5.41, 5.74) is 0.499. The molecule has 0 radical (unpaired) electrons. The first-order chi connectivity index (χ1) is 12.0. The second kappa shape index (κ2) is 7.85. The van der Waals surface area contributed by atoms with Crippen LogP contribution in [0.1, 0.15) is 43.0 Å². The fraction of sp³-hybridized carbons (Fsp3) is 0.611. The Morgan fingerprint density at radius 2 is 1.76 bits per heavy atom. The molecule has 138 valence electrons. The quantitative estimate of drug-likeness (QED) is 0.884. The summed E-state index contributed by atoms with van der Waals surface area (Å²) >= 11 is 0. The summed E-state index contributed by atoms with van der Waals surface area (Å²) in [7, 11) is -3.52. The second-order valence-electron chi connectivity index (χ2n) is 6.88. The standard InChI is InChI=1S/C18H26N2O4S/c1-14-4-2-3-5-17(14)19-18(21)15-6-8-16(9-7-15)25(22,23)20-10-12-24-13-11-20/h6-9,14,17H,2-5,10-13H2,1H3,(H,19,21)/t14-,17-/m0/s1. The highest BCUT2D eigenvalue weighted by atomic mass is 32.2. The molecular weight excluding hydrogens is 340 g/mol. The minimum absolute atomic E-state index is 0.130. The molecule has 3 rings (SSSR count). The van der Waals surface area contributed by atoms with E-state index in [9.17, 15) is 13.2 Å². The minimum atomic E-state index is -3.52. The summed E-state index contributed by atoms with van der Waals surface area (Å²) in [5, 5.41) is 3.09. The van der Waals surface area contributed by atoms with E-state index in [1.807, 2.05) is 0 Å². The van der Waals surface area contributed by atoms with Crippen LogP contribution in [-0.4, -0.2) is 51.0 Å². The number of hydrogen-bond donors (Lipinski definition) is 1. The molecule has 1 N–H and O–H groups in total. The highest BCUT2D eigenvalue weighted by Crippen LogP contribution is 2.24. The van der Waals surface area contributed by atoms with Crippen LogP contribution in [0.3, 0.4) is 0 Å². The number of sulfonamides is 1. The summed E-state index contributed by atoms with van der Waals surface area (Å²) in [6.45, 7) is 3.73. The maximum Gasteiger partial charge on any atom is 0.251 e. The zero-order valence-electron chi connectivity index (χ0n) is 14.6. The molecule has 0 spiro atoms. The SMILES string of the molecule is C[C@H]1CCCC[C@@H]1NC(=O)c1ccc(S(=O)(=O)N2CCOCC2)cc1. The van der Waals surface area contributed by atoms with Crippen LogP contribution in [0.5, 0.6) is 0 Å². The molecule has 2 atom stereocenters. The van der Waals surface area contributed by atoms with E-state index >= 15 is 0 Å². The van der Waals surface area contributed by atoms with Crippen LogP contribution in [-0.2, 0) is 14.8 Å². The van der Waals surface area contributed by atoms with Gasteiger partial charge in [-0.2, -0.15) is 4.31 Å². The summed E-state index contributed by atoms with van der Waals surface area (Å²) in [6.07, 6.45) is 4.52. The Bertz CT molecular complexity index is 696. The van der Waals surface area contributed by atoms with Gasteiger partial charge in [-0.25, -0.2) is 8.42 Å². The molecule has 1 aliphatic carbocycles. The molecule has 1 heterocycles. The van der Waals surface area contributed by atoms with E-state index in [1.165, 1.54) is 22.9 Å². The molecule has 0 aromatic heterocycles. The molecule has 1 saturated heterocycles. The van der Waals surface area contributed by atoms with Gasteiger partial charge in [0.15, 0.2) is 0 Å². The van der Waals surface area contributed by atoms with E-state index in [2.05, 4.69) is 12.2 Å². The normalized spacial score (nSPS) is 25.5. The lowest BCUT2D eigenvalue weighted by atomic mass is 9.86. The van der Waals surface area contributed by atoms with E-state index in [1.54, 1.807) is 12.1 Å². The van der Waals surface area contributed by atoms with Crippen molar-refractivity contribution in [3.05, 3.63) is 29.8 Å². The van der Waals surface area contributed by atoms with Crippen molar-refractivity contribution in [1.29, 1.82) is 0 Å². The largest absolute Gasteiger partial charge is 0.379 e. The van der Waals surface area contributed by atoms with Crippen LogP contribution in [0, 0.1) is 5.92 Å². The molecule has 0 bridgehead atoms. The number of hydrogen-bond acceptors (Lipinski definition) is 4. The fourth-order valence-corrected chi connectivity index (χ4v) is 4.90. The van der Waals surface area contributed by atoms with E-state index < -0.39 is 10.0 Å². The molecule has 1 aromatic carbocycles. The van der Waals surface area contributed by atoms with E-state index in [0.717, 1.165) is 19.3 Å². The van der Waals surface area contributed by atoms with Crippen LogP contribution >= 0.6 is 0 Å². The number of carbonyl (C=O) groups excluding carboxylic acids is 1. The van der Waals surface area contributed by atoms with Crippen molar-refractivity contribution >= 4 is 15.9 Å². The predicted molar refractivity (Wildman–Crippen MR) is 94.9 cm³/mol. The van der Waals surface area contributed by atoms with Crippen molar-refractivity contribution in [2.45, 2.75) is 43.5 Å². The zero-order valence-corrected chi connectivity index (χ0v) is 15.4. The van der Waals surface area contributed by atoms with E-state index in [4.69, 9.17) is 4.74 Å². The number of carbonyl (C=O) groups is 1. The maximum absolute atomic E-state index is 12.6. The van der Waals surface area contributed by atoms with E-state index in [0.29, 0.717) is 37.8 Å². The number of ether oxygens (including phenoxy) is 1. The lowest BCUT2D eigenvalue weighted by molar-refractivity contribution is 0.0730. The van der Waals surface area contributed by atoms with Gasteiger partial charge in [0.1, 0.15) is 0 Å². The molecule has 0 unspecified atom stereocenters. The third kappa shape index (κ3) is 4.22. The topological polar surface area (TPSA) is 75.7 Å². The molecule has 2 fully saturated rings. The third-order valence-electron chi connectivity index (χ3n) is 5.15. The van der Waals surface area contributed by atoms with Gasteiger partial charge in [0.2, 0.25) is 10.0 Å². The second-order valence-corrected chi connectivity index (χ2v) is 8.82. The lowest BCUT2D eigenvalue weighted by Gasteiger charge is -2.29. The maximum atomic E-state index is 12.6. The van der Waals surface area contributed by atoms with Crippen LogP contribution in [0.15, 0.2) is 29.2 Å². The van der Waals surface area contributed by atoms with Gasteiger partial charge < -0.3 is 10.1 Å². The molecule has 1 aromatic rings. The van der Waals surface area contributed by atoms with Gasteiger partial charge in [0.25, 0.3) is 5.91 Å². The Labute approximate surface area is 149 Å². The number of rotatable bonds is 4. The smallest absolute Gasteiger partial charge is 0.251 e. The molecule has 7 heteroatoms. The summed E-state index contributed by atoms with van der Waals surface area (Å²) in [5.74, 6) is 0.354. The van der Waals surface area contributed by atoms with Crippen LogP contribution < -0.4 is 5.32 Å². The zero-order chi connectivity index (χ0) is 17.9. The molecule has 1 aliphatic heterocycles. The third-order valence-corrected chi connectivity index (χ3v) is 7.07. The monoisotopic (exact) mass is 366 g/mol. The summed E-state index contributed by atoms with van der Waals surface area (Å²) in [4.78, 5) is 12.7. The Kier molecular flexibility index (Phi) is 5.76.